The number of hydrogen-bond donors (Lipinski definition) is 0. The summed E-state index contributed by atoms with van der Waals surface area (Å²) in [6.45, 7) is 4.98. The van der Waals surface area contributed by atoms with Gasteiger partial charge < -0.3 is 9.64 Å². The molecule has 0 saturated carbocycles. The highest BCUT2D eigenvalue weighted by molar-refractivity contribution is 6.29. The molecule has 1 unspecified atom stereocenters. The van der Waals surface area contributed by atoms with Crippen LogP contribution < -0.4 is 4.90 Å². The summed E-state index contributed by atoms with van der Waals surface area (Å²) < 4.78 is 5.11. The summed E-state index contributed by atoms with van der Waals surface area (Å²) in [7, 11) is 1.65. The Morgan fingerprint density at radius 1 is 1.24 bits per heavy atom. The predicted molar refractivity (Wildman–Crippen MR) is 83.8 cm³/mol. The van der Waals surface area contributed by atoms with Crippen LogP contribution in [0.2, 0.25) is 5.15 Å². The third-order valence-electron chi connectivity index (χ3n) is 4.40. The van der Waals surface area contributed by atoms with Crippen LogP contribution >= 0.6 is 11.6 Å². The number of piperidine rings is 1. The number of anilines is 1. The normalized spacial score (nSPS) is 23.7. The van der Waals surface area contributed by atoms with E-state index < -0.39 is 0 Å². The van der Waals surface area contributed by atoms with Crippen molar-refractivity contribution in [3.63, 3.8) is 0 Å². The number of hydrogen-bond acceptors (Lipinski definition) is 5. The summed E-state index contributed by atoms with van der Waals surface area (Å²) in [5, 5.41) is 0.494. The summed E-state index contributed by atoms with van der Waals surface area (Å²) >= 11 is 6.11. The third kappa shape index (κ3) is 3.65. The molecule has 116 valence electrons. The van der Waals surface area contributed by atoms with Gasteiger partial charge in [0.2, 0.25) is 0 Å². The summed E-state index contributed by atoms with van der Waals surface area (Å²) in [4.78, 5) is 13.7. The zero-order chi connectivity index (χ0) is 14.7. The molecular formula is C15H23ClN4O. The Balaban J connectivity index is 1.67. The Hall–Kier alpha value is -0.910. The van der Waals surface area contributed by atoms with E-state index in [0.717, 1.165) is 18.9 Å². The van der Waals surface area contributed by atoms with Crippen molar-refractivity contribution in [2.75, 3.05) is 38.2 Å². The van der Waals surface area contributed by atoms with Gasteiger partial charge in [0.05, 0.1) is 0 Å². The van der Waals surface area contributed by atoms with Crippen molar-refractivity contribution in [2.45, 2.75) is 38.3 Å². The molecule has 2 aliphatic heterocycles. The highest BCUT2D eigenvalue weighted by atomic mass is 35.5. The maximum Gasteiger partial charge on any atom is 0.158 e. The Morgan fingerprint density at radius 3 is 2.81 bits per heavy atom. The molecule has 0 spiro atoms. The van der Waals surface area contributed by atoms with Gasteiger partial charge >= 0.3 is 0 Å². The van der Waals surface area contributed by atoms with Crippen molar-refractivity contribution in [3.8, 4) is 0 Å². The molecule has 0 aliphatic carbocycles. The van der Waals surface area contributed by atoms with Crippen molar-refractivity contribution in [2.24, 2.45) is 0 Å². The first-order valence-electron chi connectivity index (χ1n) is 7.77. The van der Waals surface area contributed by atoms with Gasteiger partial charge in [0.15, 0.2) is 5.82 Å². The number of nitrogens with zero attached hydrogens (tertiary/aromatic N) is 4. The van der Waals surface area contributed by atoms with Crippen LogP contribution in [0.1, 0.15) is 31.5 Å². The van der Waals surface area contributed by atoms with Crippen LogP contribution in [-0.4, -0.2) is 54.2 Å². The lowest BCUT2D eigenvalue weighted by molar-refractivity contribution is 0.174. The van der Waals surface area contributed by atoms with Gasteiger partial charge in [0, 0.05) is 32.3 Å². The molecule has 0 N–H and O–H groups in total. The van der Waals surface area contributed by atoms with Crippen LogP contribution in [0.15, 0.2) is 6.07 Å². The Kier molecular flexibility index (Phi) is 4.93. The Bertz CT molecular complexity index is 479. The molecule has 3 heterocycles. The average Bonchev–Trinajstić information content (AvgIpc) is 2.98. The smallest absolute Gasteiger partial charge is 0.158 e. The zero-order valence-electron chi connectivity index (χ0n) is 12.6. The molecule has 3 rings (SSSR count). The summed E-state index contributed by atoms with van der Waals surface area (Å²) in [5.74, 6) is 1.59. The van der Waals surface area contributed by atoms with Gasteiger partial charge in [-0.05, 0) is 32.4 Å². The lowest BCUT2D eigenvalue weighted by atomic mass is 10.1. The first-order chi connectivity index (χ1) is 10.3. The molecule has 1 aromatic rings. The van der Waals surface area contributed by atoms with Gasteiger partial charge in [-0.2, -0.15) is 0 Å². The minimum Gasteiger partial charge on any atom is -0.377 e. The van der Waals surface area contributed by atoms with Crippen LogP contribution in [0, 0.1) is 0 Å². The summed E-state index contributed by atoms with van der Waals surface area (Å²) in [6.07, 6.45) is 5.28. The van der Waals surface area contributed by atoms with Crippen molar-refractivity contribution < 1.29 is 4.74 Å². The third-order valence-corrected chi connectivity index (χ3v) is 4.59. The molecule has 0 amide bonds. The second kappa shape index (κ2) is 6.90. The fourth-order valence-electron chi connectivity index (χ4n) is 3.34. The molecule has 0 bridgehead atoms. The van der Waals surface area contributed by atoms with Gasteiger partial charge in [-0.15, -0.1) is 0 Å². The van der Waals surface area contributed by atoms with E-state index in [2.05, 4.69) is 19.8 Å². The SMILES string of the molecule is COCc1nc(Cl)cc(N2CCC(N3CCCCC3)C2)n1. The topological polar surface area (TPSA) is 41.5 Å². The van der Waals surface area contributed by atoms with Gasteiger partial charge in [0.1, 0.15) is 17.6 Å². The molecule has 2 saturated heterocycles. The minimum absolute atomic E-state index is 0.400. The lowest BCUT2D eigenvalue weighted by Gasteiger charge is -2.32. The second-order valence-electron chi connectivity index (χ2n) is 5.88. The highest BCUT2D eigenvalue weighted by Gasteiger charge is 2.29. The molecule has 5 nitrogen and oxygen atoms in total. The van der Waals surface area contributed by atoms with Crippen LogP contribution in [0.3, 0.4) is 0 Å². The molecule has 1 aromatic heterocycles. The van der Waals surface area contributed by atoms with Gasteiger partial charge in [0.25, 0.3) is 0 Å². The van der Waals surface area contributed by atoms with Crippen molar-refractivity contribution >= 4 is 17.4 Å². The van der Waals surface area contributed by atoms with E-state index in [1.54, 1.807) is 7.11 Å². The largest absolute Gasteiger partial charge is 0.377 e. The van der Waals surface area contributed by atoms with Crippen molar-refractivity contribution in [1.29, 1.82) is 0 Å². The molecule has 2 aliphatic rings. The number of halogens is 1. The predicted octanol–water partition coefficient (Wildman–Crippen LogP) is 2.34. The fourth-order valence-corrected chi connectivity index (χ4v) is 3.53. The maximum absolute atomic E-state index is 6.11. The monoisotopic (exact) mass is 310 g/mol. The maximum atomic E-state index is 6.11. The molecule has 0 aromatic carbocycles. The fraction of sp³-hybridized carbons (Fsp3) is 0.733. The molecule has 6 heteroatoms. The van der Waals surface area contributed by atoms with Crippen LogP contribution in [0.5, 0.6) is 0 Å². The number of methoxy groups -OCH3 is 1. The zero-order valence-corrected chi connectivity index (χ0v) is 13.3. The van der Waals surface area contributed by atoms with E-state index in [-0.39, 0.29) is 0 Å². The van der Waals surface area contributed by atoms with E-state index in [0.29, 0.717) is 23.6 Å². The molecule has 21 heavy (non-hydrogen) atoms. The molecular weight excluding hydrogens is 288 g/mol. The van der Waals surface area contributed by atoms with Crippen molar-refractivity contribution in [1.82, 2.24) is 14.9 Å². The van der Waals surface area contributed by atoms with Crippen molar-refractivity contribution in [3.05, 3.63) is 17.0 Å². The first kappa shape index (κ1) is 15.0. The lowest BCUT2D eigenvalue weighted by Crippen LogP contribution is -2.41. The van der Waals surface area contributed by atoms with E-state index in [1.165, 1.54) is 38.8 Å². The van der Waals surface area contributed by atoms with Crippen LogP contribution in [0.25, 0.3) is 0 Å². The first-order valence-corrected chi connectivity index (χ1v) is 8.15. The quantitative estimate of drug-likeness (QED) is 0.799. The highest BCUT2D eigenvalue weighted by Crippen LogP contribution is 2.25. The van der Waals surface area contributed by atoms with Gasteiger partial charge in [-0.3, -0.25) is 4.90 Å². The summed E-state index contributed by atoms with van der Waals surface area (Å²) in [5.41, 5.74) is 0. The number of likely N-dealkylation sites (tertiary alicyclic amines) is 1. The molecule has 1 atom stereocenters. The van der Waals surface area contributed by atoms with E-state index in [9.17, 15) is 0 Å². The van der Waals surface area contributed by atoms with E-state index >= 15 is 0 Å². The van der Waals surface area contributed by atoms with Crippen LogP contribution in [0.4, 0.5) is 5.82 Å². The number of rotatable bonds is 4. The van der Waals surface area contributed by atoms with Gasteiger partial charge in [-0.1, -0.05) is 18.0 Å². The minimum atomic E-state index is 0.400. The second-order valence-corrected chi connectivity index (χ2v) is 6.27. The van der Waals surface area contributed by atoms with Crippen LogP contribution in [-0.2, 0) is 11.3 Å². The van der Waals surface area contributed by atoms with Gasteiger partial charge in [-0.25, -0.2) is 9.97 Å². The average molecular weight is 311 g/mol. The molecule has 2 fully saturated rings. The Labute approximate surface area is 131 Å². The Morgan fingerprint density at radius 2 is 2.05 bits per heavy atom. The summed E-state index contributed by atoms with van der Waals surface area (Å²) in [6, 6.07) is 2.52. The number of ether oxygens (including phenoxy) is 1. The van der Waals surface area contributed by atoms with E-state index in [1.807, 2.05) is 6.07 Å². The number of aromatic nitrogens is 2. The standard InChI is InChI=1S/C15H23ClN4O/c1-21-11-14-17-13(16)9-15(18-14)20-8-5-12(10-20)19-6-3-2-4-7-19/h9,12H,2-8,10-11H2,1H3. The van der Waals surface area contributed by atoms with E-state index in [4.69, 9.17) is 16.3 Å². The molecule has 0 radical (unpaired) electrons.